The highest BCUT2D eigenvalue weighted by molar-refractivity contribution is 4.78. The minimum Gasteiger partial charge on any atom is -0.381 e. The van der Waals surface area contributed by atoms with Crippen LogP contribution in [0.1, 0.15) is 19.3 Å². The normalized spacial score (nSPS) is 33.9. The number of rotatable bonds is 3. The Morgan fingerprint density at radius 2 is 2.36 bits per heavy atom. The van der Waals surface area contributed by atoms with Crippen LogP contribution in [0.25, 0.3) is 0 Å². The van der Waals surface area contributed by atoms with Crippen LogP contribution in [-0.2, 0) is 4.74 Å². The molecule has 2 saturated heterocycles. The van der Waals surface area contributed by atoms with E-state index in [9.17, 15) is 0 Å². The summed E-state index contributed by atoms with van der Waals surface area (Å²) in [6, 6.07) is 0.754. The van der Waals surface area contributed by atoms with Gasteiger partial charge < -0.3 is 15.0 Å². The van der Waals surface area contributed by atoms with Crippen molar-refractivity contribution in [2.75, 3.05) is 39.9 Å². The Hall–Kier alpha value is -0.120. The fourth-order valence-electron chi connectivity index (χ4n) is 2.49. The molecule has 0 bridgehead atoms. The summed E-state index contributed by atoms with van der Waals surface area (Å²) in [5, 5.41) is 3.47. The molecule has 0 aromatic rings. The molecule has 2 unspecified atom stereocenters. The quantitative estimate of drug-likeness (QED) is 0.723. The van der Waals surface area contributed by atoms with Gasteiger partial charge in [-0.05, 0) is 38.8 Å². The molecule has 3 nitrogen and oxygen atoms in total. The molecule has 0 aliphatic carbocycles. The number of hydrogen-bond acceptors (Lipinski definition) is 3. The van der Waals surface area contributed by atoms with E-state index >= 15 is 0 Å². The van der Waals surface area contributed by atoms with Gasteiger partial charge >= 0.3 is 0 Å². The molecule has 2 atom stereocenters. The van der Waals surface area contributed by atoms with Crippen molar-refractivity contribution in [1.82, 2.24) is 10.2 Å². The zero-order chi connectivity index (χ0) is 9.80. The van der Waals surface area contributed by atoms with E-state index in [2.05, 4.69) is 17.3 Å². The number of nitrogens with zero attached hydrogens (tertiary/aromatic N) is 1. The van der Waals surface area contributed by atoms with Crippen molar-refractivity contribution >= 4 is 0 Å². The molecule has 0 radical (unpaired) electrons. The predicted molar refractivity (Wildman–Crippen MR) is 57.4 cm³/mol. The highest BCUT2D eigenvalue weighted by Gasteiger charge is 2.22. The SMILES string of the molecule is CN(CC1CCOC1)C1CCCNC1. The number of likely N-dealkylation sites (N-methyl/N-ethyl adjacent to an activating group) is 1. The first-order valence-electron chi connectivity index (χ1n) is 5.85. The van der Waals surface area contributed by atoms with Crippen LogP contribution in [0.15, 0.2) is 0 Å². The van der Waals surface area contributed by atoms with Gasteiger partial charge in [-0.3, -0.25) is 0 Å². The van der Waals surface area contributed by atoms with Crippen LogP contribution in [0.4, 0.5) is 0 Å². The van der Waals surface area contributed by atoms with E-state index in [1.165, 1.54) is 38.9 Å². The zero-order valence-corrected chi connectivity index (χ0v) is 9.17. The van der Waals surface area contributed by atoms with E-state index in [0.717, 1.165) is 25.2 Å². The molecule has 2 aliphatic heterocycles. The summed E-state index contributed by atoms with van der Waals surface area (Å²) in [6.45, 7) is 5.54. The van der Waals surface area contributed by atoms with Gasteiger partial charge in [0.2, 0.25) is 0 Å². The van der Waals surface area contributed by atoms with Gasteiger partial charge in [0.1, 0.15) is 0 Å². The number of nitrogens with one attached hydrogen (secondary N) is 1. The second-order valence-corrected chi connectivity index (χ2v) is 4.67. The van der Waals surface area contributed by atoms with Crippen molar-refractivity contribution in [3.8, 4) is 0 Å². The minimum atomic E-state index is 0.754. The predicted octanol–water partition coefficient (Wildman–Crippen LogP) is 0.707. The first-order chi connectivity index (χ1) is 6.86. The highest BCUT2D eigenvalue weighted by atomic mass is 16.5. The number of ether oxygens (including phenoxy) is 1. The van der Waals surface area contributed by atoms with E-state index in [0.29, 0.717) is 0 Å². The lowest BCUT2D eigenvalue weighted by Crippen LogP contribution is -2.45. The van der Waals surface area contributed by atoms with Crippen molar-refractivity contribution in [2.24, 2.45) is 5.92 Å². The van der Waals surface area contributed by atoms with Gasteiger partial charge in [-0.2, -0.15) is 0 Å². The van der Waals surface area contributed by atoms with Crippen LogP contribution in [0, 0.1) is 5.92 Å². The summed E-state index contributed by atoms with van der Waals surface area (Å²) < 4.78 is 5.40. The van der Waals surface area contributed by atoms with Crippen molar-refractivity contribution < 1.29 is 4.74 Å². The fourth-order valence-corrected chi connectivity index (χ4v) is 2.49. The molecule has 0 saturated carbocycles. The summed E-state index contributed by atoms with van der Waals surface area (Å²) in [4.78, 5) is 2.52. The lowest BCUT2D eigenvalue weighted by molar-refractivity contribution is 0.149. The van der Waals surface area contributed by atoms with Crippen molar-refractivity contribution in [2.45, 2.75) is 25.3 Å². The molecule has 82 valence electrons. The average molecular weight is 198 g/mol. The Morgan fingerprint density at radius 3 is 3.00 bits per heavy atom. The summed E-state index contributed by atoms with van der Waals surface area (Å²) in [7, 11) is 2.26. The molecular formula is C11H22N2O. The molecule has 2 rings (SSSR count). The maximum Gasteiger partial charge on any atom is 0.0507 e. The molecule has 0 aromatic heterocycles. The largest absolute Gasteiger partial charge is 0.381 e. The van der Waals surface area contributed by atoms with Crippen LogP contribution in [-0.4, -0.2) is 50.8 Å². The smallest absolute Gasteiger partial charge is 0.0507 e. The van der Waals surface area contributed by atoms with Gasteiger partial charge in [0, 0.05) is 25.7 Å². The van der Waals surface area contributed by atoms with Crippen LogP contribution >= 0.6 is 0 Å². The second-order valence-electron chi connectivity index (χ2n) is 4.67. The number of hydrogen-bond donors (Lipinski definition) is 1. The van der Waals surface area contributed by atoms with Gasteiger partial charge in [-0.1, -0.05) is 0 Å². The Kier molecular flexibility index (Phi) is 3.79. The van der Waals surface area contributed by atoms with E-state index in [1.807, 2.05) is 0 Å². The van der Waals surface area contributed by atoms with Crippen LogP contribution in [0.2, 0.25) is 0 Å². The molecule has 2 aliphatic rings. The molecule has 3 heteroatoms. The topological polar surface area (TPSA) is 24.5 Å². The standard InChI is InChI=1S/C11H22N2O/c1-13(8-10-4-6-14-9-10)11-3-2-5-12-7-11/h10-12H,2-9H2,1H3. The van der Waals surface area contributed by atoms with Gasteiger partial charge in [0.15, 0.2) is 0 Å². The zero-order valence-electron chi connectivity index (χ0n) is 9.17. The molecule has 2 fully saturated rings. The highest BCUT2D eigenvalue weighted by Crippen LogP contribution is 2.16. The van der Waals surface area contributed by atoms with Crippen LogP contribution < -0.4 is 5.32 Å². The molecule has 14 heavy (non-hydrogen) atoms. The van der Waals surface area contributed by atoms with Gasteiger partial charge in [-0.15, -0.1) is 0 Å². The van der Waals surface area contributed by atoms with E-state index in [-0.39, 0.29) is 0 Å². The molecule has 0 aromatic carbocycles. The Balaban J connectivity index is 1.72. The average Bonchev–Trinajstić information content (AvgIpc) is 2.72. The van der Waals surface area contributed by atoms with Crippen molar-refractivity contribution in [3.63, 3.8) is 0 Å². The number of piperidine rings is 1. The Morgan fingerprint density at radius 1 is 1.43 bits per heavy atom. The first-order valence-corrected chi connectivity index (χ1v) is 5.85. The lowest BCUT2D eigenvalue weighted by Gasteiger charge is -2.33. The minimum absolute atomic E-state index is 0.754. The van der Waals surface area contributed by atoms with Crippen LogP contribution in [0.3, 0.4) is 0 Å². The molecule has 1 N–H and O–H groups in total. The van der Waals surface area contributed by atoms with Crippen molar-refractivity contribution in [1.29, 1.82) is 0 Å². The molecular weight excluding hydrogens is 176 g/mol. The van der Waals surface area contributed by atoms with Crippen LogP contribution in [0.5, 0.6) is 0 Å². The summed E-state index contributed by atoms with van der Waals surface area (Å²) in [5.41, 5.74) is 0. The first kappa shape index (κ1) is 10.4. The Bertz CT molecular complexity index is 163. The fraction of sp³-hybridized carbons (Fsp3) is 1.00. The third kappa shape index (κ3) is 2.69. The van der Waals surface area contributed by atoms with E-state index in [4.69, 9.17) is 4.74 Å². The summed E-state index contributed by atoms with van der Waals surface area (Å²) in [6.07, 6.45) is 3.94. The monoisotopic (exact) mass is 198 g/mol. The van der Waals surface area contributed by atoms with Gasteiger partial charge in [0.25, 0.3) is 0 Å². The second kappa shape index (κ2) is 5.10. The molecule has 2 heterocycles. The van der Waals surface area contributed by atoms with Gasteiger partial charge in [-0.25, -0.2) is 0 Å². The van der Waals surface area contributed by atoms with E-state index in [1.54, 1.807) is 0 Å². The molecule has 0 amide bonds. The molecule has 0 spiro atoms. The maximum atomic E-state index is 5.40. The lowest BCUT2D eigenvalue weighted by atomic mass is 10.0. The van der Waals surface area contributed by atoms with Crippen molar-refractivity contribution in [3.05, 3.63) is 0 Å². The van der Waals surface area contributed by atoms with E-state index < -0.39 is 0 Å². The summed E-state index contributed by atoms with van der Waals surface area (Å²) >= 11 is 0. The maximum absolute atomic E-state index is 5.40. The Labute approximate surface area is 86.8 Å². The van der Waals surface area contributed by atoms with Gasteiger partial charge in [0.05, 0.1) is 6.61 Å². The third-order valence-electron chi connectivity index (χ3n) is 3.46. The summed E-state index contributed by atoms with van der Waals surface area (Å²) in [5.74, 6) is 0.780. The third-order valence-corrected chi connectivity index (χ3v) is 3.46.